The maximum Gasteiger partial charge on any atom is 0.123 e. The molecule has 4 nitrogen and oxygen atoms in total. The summed E-state index contributed by atoms with van der Waals surface area (Å²) < 4.78 is 11.2. The fourth-order valence-corrected chi connectivity index (χ4v) is 2.00. The van der Waals surface area contributed by atoms with Crippen molar-refractivity contribution in [2.24, 2.45) is 0 Å². The topological polar surface area (TPSA) is 58.9 Å². The average molecular weight is 296 g/mol. The highest BCUT2D eigenvalue weighted by Crippen LogP contribution is 2.22. The molecule has 0 saturated heterocycles. The Bertz CT molecular complexity index is 406. The Morgan fingerprint density at radius 2 is 1.95 bits per heavy atom. The largest absolute Gasteiger partial charge is 0.508 e. The molecule has 0 aliphatic carbocycles. The van der Waals surface area contributed by atoms with Gasteiger partial charge in [0, 0.05) is 6.07 Å². The fourth-order valence-electron chi connectivity index (χ4n) is 2.00. The van der Waals surface area contributed by atoms with Gasteiger partial charge in [-0.05, 0) is 31.4 Å². The molecule has 120 valence electrons. The van der Waals surface area contributed by atoms with Crippen LogP contribution < -0.4 is 4.74 Å². The number of phenolic OH excluding ortho intramolecular Hbond substituents is 1. The Kier molecular flexibility index (Phi) is 8.16. The smallest absolute Gasteiger partial charge is 0.123 e. The highest BCUT2D eigenvalue weighted by atomic mass is 16.5. The predicted octanol–water partition coefficient (Wildman–Crippen LogP) is 3.43. The molecule has 0 amide bonds. The fraction of sp³-hybridized carbons (Fsp3) is 0.647. The van der Waals surface area contributed by atoms with Gasteiger partial charge in [0.15, 0.2) is 0 Å². The van der Waals surface area contributed by atoms with Gasteiger partial charge in [-0.1, -0.05) is 32.8 Å². The highest BCUT2D eigenvalue weighted by Gasteiger charge is 2.11. The number of benzene rings is 1. The maximum atomic E-state index is 9.89. The van der Waals surface area contributed by atoms with Crippen molar-refractivity contribution in [2.45, 2.75) is 58.7 Å². The van der Waals surface area contributed by atoms with Gasteiger partial charge in [0.25, 0.3) is 0 Å². The highest BCUT2D eigenvalue weighted by molar-refractivity contribution is 5.38. The molecule has 2 unspecified atom stereocenters. The van der Waals surface area contributed by atoms with Crippen molar-refractivity contribution < 1.29 is 19.7 Å². The molecule has 0 bridgehead atoms. The molecular formula is C17H28O4. The van der Waals surface area contributed by atoms with E-state index in [4.69, 9.17) is 9.47 Å². The van der Waals surface area contributed by atoms with E-state index < -0.39 is 6.10 Å². The van der Waals surface area contributed by atoms with Crippen LogP contribution in [-0.2, 0) is 4.74 Å². The second-order valence-electron chi connectivity index (χ2n) is 5.42. The Labute approximate surface area is 127 Å². The van der Waals surface area contributed by atoms with Crippen molar-refractivity contribution in [2.75, 3.05) is 13.2 Å². The molecule has 0 heterocycles. The summed E-state index contributed by atoms with van der Waals surface area (Å²) in [5, 5.41) is 19.5. The maximum absolute atomic E-state index is 9.89. The van der Waals surface area contributed by atoms with Gasteiger partial charge in [0.2, 0.25) is 0 Å². The van der Waals surface area contributed by atoms with Crippen molar-refractivity contribution in [3.05, 3.63) is 23.8 Å². The molecule has 0 spiro atoms. The number of ether oxygens (including phenoxy) is 2. The van der Waals surface area contributed by atoms with Crippen LogP contribution in [0, 0.1) is 6.92 Å². The molecule has 1 aromatic carbocycles. The summed E-state index contributed by atoms with van der Waals surface area (Å²) in [5.41, 5.74) is 0.799. The number of hydrogen-bond acceptors (Lipinski definition) is 4. The van der Waals surface area contributed by atoms with Crippen LogP contribution >= 0.6 is 0 Å². The monoisotopic (exact) mass is 296 g/mol. The Balaban J connectivity index is 2.29. The summed E-state index contributed by atoms with van der Waals surface area (Å²) in [4.78, 5) is 0. The first-order chi connectivity index (χ1) is 10.1. The van der Waals surface area contributed by atoms with Crippen molar-refractivity contribution in [1.82, 2.24) is 0 Å². The van der Waals surface area contributed by atoms with E-state index in [-0.39, 0.29) is 25.1 Å². The van der Waals surface area contributed by atoms with Crippen molar-refractivity contribution in [3.8, 4) is 11.5 Å². The summed E-state index contributed by atoms with van der Waals surface area (Å²) in [6.07, 6.45) is 3.84. The van der Waals surface area contributed by atoms with Gasteiger partial charge in [0.1, 0.15) is 24.2 Å². The van der Waals surface area contributed by atoms with Crippen molar-refractivity contribution >= 4 is 0 Å². The molecule has 0 fully saturated rings. The number of unbranched alkanes of at least 4 members (excludes halogenated alkanes) is 1. The summed E-state index contributed by atoms with van der Waals surface area (Å²) in [6, 6.07) is 5.11. The Morgan fingerprint density at radius 3 is 2.57 bits per heavy atom. The van der Waals surface area contributed by atoms with Gasteiger partial charge in [-0.3, -0.25) is 0 Å². The lowest BCUT2D eigenvalue weighted by Gasteiger charge is -2.19. The van der Waals surface area contributed by atoms with Crippen LogP contribution in [0.2, 0.25) is 0 Å². The summed E-state index contributed by atoms with van der Waals surface area (Å²) in [6.45, 7) is 6.51. The van der Waals surface area contributed by atoms with E-state index in [1.54, 1.807) is 18.2 Å². The van der Waals surface area contributed by atoms with Gasteiger partial charge in [0.05, 0.1) is 12.7 Å². The van der Waals surface area contributed by atoms with Crippen molar-refractivity contribution in [1.29, 1.82) is 0 Å². The van der Waals surface area contributed by atoms with E-state index in [0.29, 0.717) is 5.75 Å². The molecule has 2 atom stereocenters. The second kappa shape index (κ2) is 9.64. The van der Waals surface area contributed by atoms with E-state index in [1.807, 2.05) is 6.92 Å². The third-order valence-corrected chi connectivity index (χ3v) is 3.48. The third-order valence-electron chi connectivity index (χ3n) is 3.48. The van der Waals surface area contributed by atoms with Gasteiger partial charge >= 0.3 is 0 Å². The minimum Gasteiger partial charge on any atom is -0.508 e. The summed E-state index contributed by atoms with van der Waals surface area (Å²) in [7, 11) is 0. The zero-order valence-electron chi connectivity index (χ0n) is 13.3. The standard InChI is InChI=1S/C17H28O4/c1-4-6-7-15(5-2)20-11-14(18)12-21-16-9-8-13(3)17(19)10-16/h8-10,14-15,18-19H,4-7,11-12H2,1-3H3. The number of aliphatic hydroxyl groups excluding tert-OH is 1. The first-order valence-electron chi connectivity index (χ1n) is 7.78. The average Bonchev–Trinajstić information content (AvgIpc) is 2.48. The van der Waals surface area contributed by atoms with Gasteiger partial charge in [-0.25, -0.2) is 0 Å². The summed E-state index contributed by atoms with van der Waals surface area (Å²) in [5.74, 6) is 0.749. The van der Waals surface area contributed by atoms with Gasteiger partial charge in [-0.15, -0.1) is 0 Å². The SMILES string of the molecule is CCCCC(CC)OCC(O)COc1ccc(C)c(O)c1. The number of rotatable bonds is 10. The summed E-state index contributed by atoms with van der Waals surface area (Å²) >= 11 is 0. The normalized spacial score (nSPS) is 13.9. The number of phenols is 1. The van der Waals surface area contributed by atoms with E-state index in [0.717, 1.165) is 31.2 Å². The first kappa shape index (κ1) is 17.8. The lowest BCUT2D eigenvalue weighted by atomic mass is 10.1. The Morgan fingerprint density at radius 1 is 1.19 bits per heavy atom. The number of aryl methyl sites for hydroxylation is 1. The minimum atomic E-state index is -0.663. The molecule has 0 saturated carbocycles. The van der Waals surface area contributed by atoms with Crippen LogP contribution in [0.4, 0.5) is 0 Å². The first-order valence-corrected chi connectivity index (χ1v) is 7.78. The molecule has 0 radical (unpaired) electrons. The van der Waals surface area contributed by atoms with Crippen LogP contribution in [-0.4, -0.2) is 35.6 Å². The molecule has 0 aliphatic rings. The molecule has 1 aromatic rings. The lowest BCUT2D eigenvalue weighted by molar-refractivity contribution is -0.0290. The number of hydrogen-bond donors (Lipinski definition) is 2. The van der Waals surface area contributed by atoms with Crippen LogP contribution in [0.25, 0.3) is 0 Å². The Hall–Kier alpha value is -1.26. The molecule has 1 rings (SSSR count). The second-order valence-corrected chi connectivity index (χ2v) is 5.42. The van der Waals surface area contributed by atoms with Gasteiger partial charge in [-0.2, -0.15) is 0 Å². The molecule has 2 N–H and O–H groups in total. The van der Waals surface area contributed by atoms with Crippen LogP contribution in [0.1, 0.15) is 45.1 Å². The molecule has 0 aromatic heterocycles. The quantitative estimate of drug-likeness (QED) is 0.694. The molecule has 0 aliphatic heterocycles. The lowest BCUT2D eigenvalue weighted by Crippen LogP contribution is -2.26. The molecular weight excluding hydrogens is 268 g/mol. The van der Waals surface area contributed by atoms with Crippen LogP contribution in [0.5, 0.6) is 11.5 Å². The number of aromatic hydroxyl groups is 1. The third kappa shape index (κ3) is 6.82. The number of aliphatic hydroxyl groups is 1. The van der Waals surface area contributed by atoms with Crippen LogP contribution in [0.15, 0.2) is 18.2 Å². The predicted molar refractivity (Wildman–Crippen MR) is 83.9 cm³/mol. The van der Waals surface area contributed by atoms with E-state index in [9.17, 15) is 10.2 Å². The van der Waals surface area contributed by atoms with E-state index >= 15 is 0 Å². The zero-order valence-corrected chi connectivity index (χ0v) is 13.3. The molecule has 4 heteroatoms. The van der Waals surface area contributed by atoms with E-state index in [2.05, 4.69) is 13.8 Å². The van der Waals surface area contributed by atoms with Crippen LogP contribution in [0.3, 0.4) is 0 Å². The molecule has 21 heavy (non-hydrogen) atoms. The van der Waals surface area contributed by atoms with E-state index in [1.165, 1.54) is 0 Å². The minimum absolute atomic E-state index is 0.159. The van der Waals surface area contributed by atoms with Gasteiger partial charge < -0.3 is 19.7 Å². The van der Waals surface area contributed by atoms with Crippen molar-refractivity contribution in [3.63, 3.8) is 0 Å². The zero-order chi connectivity index (χ0) is 15.7.